The molecule has 0 radical (unpaired) electrons. The number of alkyl halides is 1. The highest BCUT2D eigenvalue weighted by Crippen LogP contribution is 2.22. The van der Waals surface area contributed by atoms with E-state index in [-0.39, 0.29) is 12.0 Å². The summed E-state index contributed by atoms with van der Waals surface area (Å²) in [6.07, 6.45) is 2.00. The average Bonchev–Trinajstić information content (AvgIpc) is 2.47. The number of hydrogen-bond donors (Lipinski definition) is 0. The second kappa shape index (κ2) is 7.96. The van der Waals surface area contributed by atoms with Crippen LogP contribution in [0.5, 0.6) is 0 Å². The quantitative estimate of drug-likeness (QED) is 0.491. The average molecular weight is 473 g/mol. The molecule has 110 valence electrons. The Labute approximate surface area is 146 Å². The van der Waals surface area contributed by atoms with E-state index in [4.69, 9.17) is 16.3 Å². The van der Waals surface area contributed by atoms with Crippen molar-refractivity contribution in [3.63, 3.8) is 0 Å². The fourth-order valence-corrected chi connectivity index (χ4v) is 3.28. The molecule has 0 aliphatic carbocycles. The molecular formula is C14H16BrClINO2. The van der Waals surface area contributed by atoms with Crippen molar-refractivity contribution in [2.75, 3.05) is 25.6 Å². The van der Waals surface area contributed by atoms with Crippen molar-refractivity contribution in [3.8, 4) is 0 Å². The molecule has 1 amide bonds. The maximum Gasteiger partial charge on any atom is 0.254 e. The standard InChI is InChI=1S/C14H16BrClINO2/c15-10-1-2-13(17)12(9-10)14(19)18-6-3-11(4-7-18)20-8-5-16/h1-2,9,11H,3-8H2. The molecule has 1 aliphatic rings. The van der Waals surface area contributed by atoms with Crippen LogP contribution in [-0.2, 0) is 4.74 Å². The molecule has 1 aliphatic heterocycles. The number of benzene rings is 1. The monoisotopic (exact) mass is 471 g/mol. The van der Waals surface area contributed by atoms with Crippen molar-refractivity contribution in [2.45, 2.75) is 18.9 Å². The van der Waals surface area contributed by atoms with Gasteiger partial charge in [0, 0.05) is 27.0 Å². The normalized spacial score (nSPS) is 16.4. The molecule has 1 fully saturated rings. The van der Waals surface area contributed by atoms with Crippen LogP contribution in [0.1, 0.15) is 23.2 Å². The van der Waals surface area contributed by atoms with Crippen LogP contribution in [0.2, 0.25) is 0 Å². The molecule has 3 nitrogen and oxygen atoms in total. The Morgan fingerprint density at radius 2 is 2.15 bits per heavy atom. The number of likely N-dealkylation sites (tertiary alicyclic amines) is 1. The van der Waals surface area contributed by atoms with E-state index in [0.29, 0.717) is 12.5 Å². The van der Waals surface area contributed by atoms with Gasteiger partial charge in [0.1, 0.15) is 0 Å². The fourth-order valence-electron chi connectivity index (χ4n) is 2.27. The van der Waals surface area contributed by atoms with E-state index < -0.39 is 0 Å². The van der Waals surface area contributed by atoms with Gasteiger partial charge in [0.25, 0.3) is 5.91 Å². The third kappa shape index (κ3) is 4.32. The molecule has 0 bridgehead atoms. The summed E-state index contributed by atoms with van der Waals surface area (Å²) in [7, 11) is 0. The summed E-state index contributed by atoms with van der Waals surface area (Å²) in [6, 6.07) is 5.79. The topological polar surface area (TPSA) is 29.5 Å². The lowest BCUT2D eigenvalue weighted by atomic mass is 10.1. The summed E-state index contributed by atoms with van der Waals surface area (Å²) in [4.78, 5) is 14.4. The van der Waals surface area contributed by atoms with Crippen LogP contribution in [0.4, 0.5) is 0 Å². The first-order valence-electron chi connectivity index (χ1n) is 6.53. The summed E-state index contributed by atoms with van der Waals surface area (Å²) in [5.41, 5.74) is 0.764. The zero-order valence-electron chi connectivity index (χ0n) is 10.9. The lowest BCUT2D eigenvalue weighted by Crippen LogP contribution is -2.41. The van der Waals surface area contributed by atoms with Crippen molar-refractivity contribution in [1.29, 1.82) is 0 Å². The van der Waals surface area contributed by atoms with Gasteiger partial charge in [-0.3, -0.25) is 4.79 Å². The SMILES string of the molecule is O=C(c1cc(Br)ccc1I)N1CCC(OCCCl)CC1. The number of ether oxygens (including phenoxy) is 1. The van der Waals surface area contributed by atoms with Crippen LogP contribution in [0.3, 0.4) is 0 Å². The molecule has 0 unspecified atom stereocenters. The van der Waals surface area contributed by atoms with Gasteiger partial charge in [-0.15, -0.1) is 11.6 Å². The molecule has 0 aromatic heterocycles. The van der Waals surface area contributed by atoms with Crippen LogP contribution in [0.25, 0.3) is 0 Å². The van der Waals surface area contributed by atoms with Gasteiger partial charge in [-0.05, 0) is 53.6 Å². The maximum atomic E-state index is 12.5. The Morgan fingerprint density at radius 1 is 1.45 bits per heavy atom. The zero-order valence-corrected chi connectivity index (χ0v) is 15.4. The Morgan fingerprint density at radius 3 is 2.80 bits per heavy atom. The van der Waals surface area contributed by atoms with Gasteiger partial charge in [-0.1, -0.05) is 15.9 Å². The Bertz CT molecular complexity index is 478. The van der Waals surface area contributed by atoms with Crippen LogP contribution < -0.4 is 0 Å². The van der Waals surface area contributed by atoms with Crippen LogP contribution in [0, 0.1) is 3.57 Å². The molecule has 1 aromatic carbocycles. The number of rotatable bonds is 4. The molecule has 0 spiro atoms. The zero-order chi connectivity index (χ0) is 14.5. The van der Waals surface area contributed by atoms with Crippen LogP contribution >= 0.6 is 50.1 Å². The van der Waals surface area contributed by atoms with Crippen molar-refractivity contribution in [2.24, 2.45) is 0 Å². The summed E-state index contributed by atoms with van der Waals surface area (Å²) in [5, 5.41) is 0. The van der Waals surface area contributed by atoms with E-state index in [1.807, 2.05) is 23.1 Å². The summed E-state index contributed by atoms with van der Waals surface area (Å²) >= 11 is 11.2. The smallest absolute Gasteiger partial charge is 0.254 e. The van der Waals surface area contributed by atoms with Crippen molar-refractivity contribution >= 4 is 56.0 Å². The summed E-state index contributed by atoms with van der Waals surface area (Å²) < 4.78 is 7.54. The number of piperidine rings is 1. The van der Waals surface area contributed by atoms with Gasteiger partial charge in [-0.25, -0.2) is 0 Å². The Balaban J connectivity index is 1.96. The van der Waals surface area contributed by atoms with E-state index in [9.17, 15) is 4.79 Å². The molecule has 6 heteroatoms. The molecule has 0 N–H and O–H groups in total. The first-order chi connectivity index (χ1) is 9.61. The highest BCUT2D eigenvalue weighted by molar-refractivity contribution is 14.1. The molecule has 20 heavy (non-hydrogen) atoms. The van der Waals surface area contributed by atoms with E-state index >= 15 is 0 Å². The largest absolute Gasteiger partial charge is 0.377 e. The first kappa shape index (κ1) is 16.5. The van der Waals surface area contributed by atoms with E-state index in [1.54, 1.807) is 0 Å². The lowest BCUT2D eigenvalue weighted by molar-refractivity contribution is 0.0154. The number of amides is 1. The molecule has 0 atom stereocenters. The number of nitrogens with zero attached hydrogens (tertiary/aromatic N) is 1. The fraction of sp³-hybridized carbons (Fsp3) is 0.500. The van der Waals surface area contributed by atoms with Gasteiger partial charge in [0.2, 0.25) is 0 Å². The minimum atomic E-state index is 0.103. The van der Waals surface area contributed by atoms with Crippen molar-refractivity contribution in [1.82, 2.24) is 4.90 Å². The number of halogens is 3. The van der Waals surface area contributed by atoms with E-state index in [1.165, 1.54) is 0 Å². The second-order valence-corrected chi connectivity index (χ2v) is 7.13. The second-order valence-electron chi connectivity index (χ2n) is 4.68. The predicted octanol–water partition coefficient (Wildman–Crippen LogP) is 3.91. The Hall–Kier alpha value is 0.150. The Kier molecular flexibility index (Phi) is 6.58. The van der Waals surface area contributed by atoms with Gasteiger partial charge >= 0.3 is 0 Å². The number of carbonyl (C=O) groups is 1. The van der Waals surface area contributed by atoms with E-state index in [0.717, 1.165) is 39.5 Å². The molecular weight excluding hydrogens is 456 g/mol. The minimum Gasteiger partial charge on any atom is -0.377 e. The highest BCUT2D eigenvalue weighted by atomic mass is 127. The molecule has 0 saturated carbocycles. The third-order valence-electron chi connectivity index (χ3n) is 3.32. The van der Waals surface area contributed by atoms with Gasteiger partial charge in [0.15, 0.2) is 0 Å². The molecule has 1 aromatic rings. The maximum absolute atomic E-state index is 12.5. The summed E-state index contributed by atoms with van der Waals surface area (Å²) in [6.45, 7) is 2.08. The molecule has 1 heterocycles. The minimum absolute atomic E-state index is 0.103. The number of carbonyl (C=O) groups excluding carboxylic acids is 1. The van der Waals surface area contributed by atoms with Gasteiger partial charge in [0.05, 0.1) is 18.3 Å². The van der Waals surface area contributed by atoms with Crippen molar-refractivity contribution in [3.05, 3.63) is 31.8 Å². The lowest BCUT2D eigenvalue weighted by Gasteiger charge is -2.32. The summed E-state index contributed by atoms with van der Waals surface area (Å²) in [5.74, 6) is 0.626. The van der Waals surface area contributed by atoms with Gasteiger partial charge in [-0.2, -0.15) is 0 Å². The van der Waals surface area contributed by atoms with Crippen molar-refractivity contribution < 1.29 is 9.53 Å². The predicted molar refractivity (Wildman–Crippen MR) is 92.5 cm³/mol. The van der Waals surface area contributed by atoms with Gasteiger partial charge < -0.3 is 9.64 Å². The highest BCUT2D eigenvalue weighted by Gasteiger charge is 2.25. The number of hydrogen-bond acceptors (Lipinski definition) is 2. The van der Waals surface area contributed by atoms with E-state index in [2.05, 4.69) is 38.5 Å². The van der Waals surface area contributed by atoms with Crippen LogP contribution in [0.15, 0.2) is 22.7 Å². The van der Waals surface area contributed by atoms with Crippen LogP contribution in [-0.4, -0.2) is 42.5 Å². The molecule has 1 saturated heterocycles. The third-order valence-corrected chi connectivity index (χ3v) is 4.91. The molecule has 2 rings (SSSR count). The first-order valence-corrected chi connectivity index (χ1v) is 8.94.